The van der Waals surface area contributed by atoms with Crippen molar-refractivity contribution in [1.29, 1.82) is 0 Å². The van der Waals surface area contributed by atoms with Crippen LogP contribution in [0.5, 0.6) is 0 Å². The Morgan fingerprint density at radius 3 is 2.47 bits per heavy atom. The van der Waals surface area contributed by atoms with E-state index in [-0.39, 0.29) is 0 Å². The molecule has 1 aliphatic heterocycles. The van der Waals surface area contributed by atoms with Crippen molar-refractivity contribution in [3.8, 4) is 0 Å². The monoisotopic (exact) mass is 268 g/mol. The quantitative estimate of drug-likeness (QED) is 0.903. The van der Waals surface area contributed by atoms with E-state index in [0.717, 1.165) is 11.0 Å². The fraction of sp³-hybridized carbons (Fsp3) is 0.500. The lowest BCUT2D eigenvalue weighted by Crippen LogP contribution is -2.43. The van der Waals surface area contributed by atoms with Crippen molar-refractivity contribution in [2.24, 2.45) is 0 Å². The second kappa shape index (κ2) is 5.10. The Morgan fingerprint density at radius 1 is 1.33 bits per heavy atom. The van der Waals surface area contributed by atoms with E-state index in [1.54, 1.807) is 0 Å². The third-order valence-electron chi connectivity index (χ3n) is 2.98. The highest BCUT2D eigenvalue weighted by atomic mass is 79.9. The zero-order valence-corrected chi connectivity index (χ0v) is 10.6. The minimum atomic E-state index is 0.539. The van der Waals surface area contributed by atoms with Crippen LogP contribution < -0.4 is 5.32 Å². The number of halogens is 1. The summed E-state index contributed by atoms with van der Waals surface area (Å²) in [4.78, 5) is 2.53. The minimum Gasteiger partial charge on any atom is -0.318 e. The lowest BCUT2D eigenvalue weighted by atomic mass is 10.0. The number of hydrogen-bond donors (Lipinski definition) is 1. The van der Waals surface area contributed by atoms with Gasteiger partial charge in [0.1, 0.15) is 0 Å². The van der Waals surface area contributed by atoms with Gasteiger partial charge in [0.05, 0.1) is 0 Å². The van der Waals surface area contributed by atoms with Crippen molar-refractivity contribution in [2.75, 3.05) is 26.7 Å². The molecule has 1 atom stereocenters. The first-order valence-electron chi connectivity index (χ1n) is 5.45. The number of nitrogens with one attached hydrogen (secondary N) is 1. The molecule has 0 spiro atoms. The highest BCUT2D eigenvalue weighted by Gasteiger charge is 2.24. The molecule has 0 saturated carbocycles. The van der Waals surface area contributed by atoms with Gasteiger partial charge in [0.25, 0.3) is 0 Å². The molecule has 1 fully saturated rings. The van der Waals surface area contributed by atoms with Crippen LogP contribution in [0.4, 0.5) is 0 Å². The summed E-state index contributed by atoms with van der Waals surface area (Å²) < 4.78 is 1.15. The molecule has 82 valence electrons. The molecular weight excluding hydrogens is 252 g/mol. The Bertz CT molecular complexity index is 306. The zero-order valence-electron chi connectivity index (χ0n) is 9.04. The lowest BCUT2D eigenvalue weighted by Gasteiger charge is -2.38. The van der Waals surface area contributed by atoms with Crippen LogP contribution >= 0.6 is 15.9 Å². The standard InChI is InChI=1S/C12H17BrN2/c1-14-9-12(15-7-2-8-15)10-3-5-11(13)6-4-10/h3-6,12,14H,2,7-9H2,1H3. The average Bonchev–Trinajstić information content (AvgIpc) is 2.16. The number of rotatable bonds is 4. The molecule has 1 aliphatic rings. The Balaban J connectivity index is 2.12. The van der Waals surface area contributed by atoms with Gasteiger partial charge in [-0.2, -0.15) is 0 Å². The molecule has 1 aromatic rings. The maximum Gasteiger partial charge on any atom is 0.0472 e. The molecule has 1 unspecified atom stereocenters. The summed E-state index contributed by atoms with van der Waals surface area (Å²) in [6.45, 7) is 3.51. The van der Waals surface area contributed by atoms with Crippen LogP contribution in [0, 0.1) is 0 Å². The van der Waals surface area contributed by atoms with Crippen LogP contribution in [0.15, 0.2) is 28.7 Å². The molecule has 1 heterocycles. The van der Waals surface area contributed by atoms with E-state index in [0.29, 0.717) is 6.04 Å². The first kappa shape index (κ1) is 11.1. The summed E-state index contributed by atoms with van der Waals surface area (Å²) in [6, 6.07) is 9.21. The van der Waals surface area contributed by atoms with E-state index in [9.17, 15) is 0 Å². The van der Waals surface area contributed by atoms with Crippen LogP contribution in [0.3, 0.4) is 0 Å². The third kappa shape index (κ3) is 2.60. The molecule has 3 heteroatoms. The summed E-state index contributed by atoms with van der Waals surface area (Å²) in [6.07, 6.45) is 1.34. The maximum absolute atomic E-state index is 3.47. The predicted octanol–water partition coefficient (Wildman–Crippen LogP) is 2.42. The summed E-state index contributed by atoms with van der Waals surface area (Å²) >= 11 is 3.47. The Morgan fingerprint density at radius 2 is 2.00 bits per heavy atom. The van der Waals surface area contributed by atoms with Crippen LogP contribution in [-0.4, -0.2) is 31.6 Å². The molecule has 0 amide bonds. The Kier molecular flexibility index (Phi) is 3.78. The average molecular weight is 269 g/mol. The number of benzene rings is 1. The van der Waals surface area contributed by atoms with Crippen LogP contribution in [0.1, 0.15) is 18.0 Å². The molecule has 0 aromatic heterocycles. The summed E-state index contributed by atoms with van der Waals surface area (Å²) in [7, 11) is 2.02. The topological polar surface area (TPSA) is 15.3 Å². The minimum absolute atomic E-state index is 0.539. The van der Waals surface area contributed by atoms with Crippen molar-refractivity contribution in [3.05, 3.63) is 34.3 Å². The van der Waals surface area contributed by atoms with Gasteiger partial charge in [0.15, 0.2) is 0 Å². The zero-order chi connectivity index (χ0) is 10.7. The fourth-order valence-electron chi connectivity index (χ4n) is 1.99. The largest absolute Gasteiger partial charge is 0.318 e. The molecule has 1 saturated heterocycles. The van der Waals surface area contributed by atoms with E-state index >= 15 is 0 Å². The highest BCUT2D eigenvalue weighted by Crippen LogP contribution is 2.26. The highest BCUT2D eigenvalue weighted by molar-refractivity contribution is 9.10. The number of hydrogen-bond acceptors (Lipinski definition) is 2. The van der Waals surface area contributed by atoms with Crippen LogP contribution in [-0.2, 0) is 0 Å². The van der Waals surface area contributed by atoms with E-state index in [1.807, 2.05) is 7.05 Å². The summed E-state index contributed by atoms with van der Waals surface area (Å²) in [5.41, 5.74) is 1.41. The van der Waals surface area contributed by atoms with Crippen LogP contribution in [0.2, 0.25) is 0 Å². The normalized spacial score (nSPS) is 18.5. The van der Waals surface area contributed by atoms with Gasteiger partial charge < -0.3 is 5.32 Å². The van der Waals surface area contributed by atoms with E-state index in [1.165, 1.54) is 25.1 Å². The second-order valence-corrected chi connectivity index (χ2v) is 4.93. The third-order valence-corrected chi connectivity index (χ3v) is 3.51. The van der Waals surface area contributed by atoms with E-state index in [2.05, 4.69) is 50.4 Å². The van der Waals surface area contributed by atoms with E-state index in [4.69, 9.17) is 0 Å². The molecule has 1 N–H and O–H groups in total. The van der Waals surface area contributed by atoms with Crippen molar-refractivity contribution in [1.82, 2.24) is 10.2 Å². The SMILES string of the molecule is CNCC(c1ccc(Br)cc1)N1CCC1. The number of likely N-dealkylation sites (tertiary alicyclic amines) is 1. The van der Waals surface area contributed by atoms with E-state index < -0.39 is 0 Å². The summed E-state index contributed by atoms with van der Waals surface area (Å²) in [5.74, 6) is 0. The Hall–Kier alpha value is -0.380. The van der Waals surface area contributed by atoms with Crippen LogP contribution in [0.25, 0.3) is 0 Å². The molecular formula is C12H17BrN2. The van der Waals surface area contributed by atoms with Crippen molar-refractivity contribution in [2.45, 2.75) is 12.5 Å². The van der Waals surface area contributed by atoms with Gasteiger partial charge in [-0.15, -0.1) is 0 Å². The molecule has 0 aliphatic carbocycles. The van der Waals surface area contributed by atoms with Gasteiger partial charge >= 0.3 is 0 Å². The molecule has 1 aromatic carbocycles. The van der Waals surface area contributed by atoms with Gasteiger partial charge in [0, 0.05) is 30.1 Å². The smallest absolute Gasteiger partial charge is 0.0472 e. The van der Waals surface area contributed by atoms with Gasteiger partial charge in [-0.3, -0.25) is 4.90 Å². The van der Waals surface area contributed by atoms with Gasteiger partial charge in [-0.1, -0.05) is 28.1 Å². The van der Waals surface area contributed by atoms with Gasteiger partial charge in [-0.05, 0) is 31.2 Å². The van der Waals surface area contributed by atoms with Gasteiger partial charge in [-0.25, -0.2) is 0 Å². The first-order chi connectivity index (χ1) is 7.31. The molecule has 2 nitrogen and oxygen atoms in total. The molecule has 0 radical (unpaired) electrons. The molecule has 15 heavy (non-hydrogen) atoms. The molecule has 2 rings (SSSR count). The maximum atomic E-state index is 3.47. The van der Waals surface area contributed by atoms with Crippen molar-refractivity contribution >= 4 is 15.9 Å². The van der Waals surface area contributed by atoms with Crippen molar-refractivity contribution in [3.63, 3.8) is 0 Å². The lowest BCUT2D eigenvalue weighted by molar-refractivity contribution is 0.117. The molecule has 0 bridgehead atoms. The predicted molar refractivity (Wildman–Crippen MR) is 67.0 cm³/mol. The first-order valence-corrected chi connectivity index (χ1v) is 6.24. The fourth-order valence-corrected chi connectivity index (χ4v) is 2.25. The Labute approximate surface area is 99.8 Å². The number of nitrogens with zero attached hydrogens (tertiary/aromatic N) is 1. The number of likely N-dealkylation sites (N-methyl/N-ethyl adjacent to an activating group) is 1. The second-order valence-electron chi connectivity index (χ2n) is 4.01. The summed E-state index contributed by atoms with van der Waals surface area (Å²) in [5, 5.41) is 3.28. The van der Waals surface area contributed by atoms with Gasteiger partial charge in [0.2, 0.25) is 0 Å². The van der Waals surface area contributed by atoms with Crippen molar-refractivity contribution < 1.29 is 0 Å².